The zero-order chi connectivity index (χ0) is 29.4. The molecule has 0 spiro atoms. The maximum atomic E-state index is 13.8. The molecule has 1 heterocycles. The molecule has 1 aromatic heterocycles. The Morgan fingerprint density at radius 3 is 2.51 bits per heavy atom. The maximum Gasteiger partial charge on any atom is 0.416 e. The Bertz CT molecular complexity index is 1330. The minimum Gasteiger partial charge on any atom is -0.473 e. The van der Waals surface area contributed by atoms with Crippen LogP contribution < -0.4 is 10.1 Å². The molecule has 0 unspecified atom stereocenters. The number of nitrogens with zero attached hydrogens (tertiary/aromatic N) is 2. The highest BCUT2D eigenvalue weighted by atomic mass is 19.4. The smallest absolute Gasteiger partial charge is 0.416 e. The Balaban J connectivity index is 1.45. The molecule has 3 aromatic rings. The van der Waals surface area contributed by atoms with Crippen LogP contribution in [0.1, 0.15) is 59.8 Å². The molecule has 220 valence electrons. The van der Waals surface area contributed by atoms with Gasteiger partial charge in [0.25, 0.3) is 0 Å². The van der Waals surface area contributed by atoms with E-state index in [1.165, 1.54) is 6.07 Å². The molecule has 0 bridgehead atoms. The fourth-order valence-electron chi connectivity index (χ4n) is 4.62. The molecule has 0 saturated heterocycles. The number of esters is 1. The van der Waals surface area contributed by atoms with E-state index >= 15 is 0 Å². The summed E-state index contributed by atoms with van der Waals surface area (Å²) in [6.45, 7) is 1.30. The van der Waals surface area contributed by atoms with Gasteiger partial charge in [0, 0.05) is 6.07 Å². The number of rotatable bonds is 11. The molecule has 1 N–H and O–H groups in total. The van der Waals surface area contributed by atoms with Crippen LogP contribution in [-0.2, 0) is 40.2 Å². The number of hydrogen-bond acceptors (Lipinski definition) is 6. The first-order valence-electron chi connectivity index (χ1n) is 13.3. The highest BCUT2D eigenvalue weighted by molar-refractivity contribution is 5.87. The summed E-state index contributed by atoms with van der Waals surface area (Å²) < 4.78 is 71.0. The lowest BCUT2D eigenvalue weighted by Crippen LogP contribution is -2.47. The first-order chi connectivity index (χ1) is 19.6. The summed E-state index contributed by atoms with van der Waals surface area (Å²) in [5.41, 5.74) is -0.374. The molecule has 1 fully saturated rings. The third kappa shape index (κ3) is 8.53. The minimum atomic E-state index is -4.74. The predicted octanol–water partition coefficient (Wildman–Crippen LogP) is 5.44. The van der Waals surface area contributed by atoms with Gasteiger partial charge in [-0.05, 0) is 49.1 Å². The zero-order valence-electron chi connectivity index (χ0n) is 22.5. The topological polar surface area (TPSA) is 91.7 Å². The van der Waals surface area contributed by atoms with E-state index in [4.69, 9.17) is 14.2 Å². The Morgan fingerprint density at radius 2 is 1.78 bits per heavy atom. The van der Waals surface area contributed by atoms with Gasteiger partial charge in [-0.3, -0.25) is 4.79 Å². The molecule has 12 heteroatoms. The van der Waals surface area contributed by atoms with Crippen LogP contribution in [-0.4, -0.2) is 40.4 Å². The van der Waals surface area contributed by atoms with Crippen molar-refractivity contribution in [2.45, 2.75) is 70.7 Å². The highest BCUT2D eigenvalue weighted by Crippen LogP contribution is 2.31. The van der Waals surface area contributed by atoms with Gasteiger partial charge in [0.1, 0.15) is 19.0 Å². The second kappa shape index (κ2) is 13.6. The SMILES string of the molecule is CCOC(=O)c1cc(OCc2cc(F)cc(C(F)(F)F)c2)n(CC(=O)N[C@H]2CCCC[C@@H]2OCc2ccccc2)n1. The molecule has 2 atom stereocenters. The van der Waals surface area contributed by atoms with E-state index in [0.29, 0.717) is 12.7 Å². The lowest BCUT2D eigenvalue weighted by molar-refractivity contribution is -0.137. The normalized spacial score (nSPS) is 17.2. The number of hydrogen-bond donors (Lipinski definition) is 1. The Hall–Kier alpha value is -3.93. The van der Waals surface area contributed by atoms with Crippen molar-refractivity contribution < 1.29 is 41.4 Å². The number of alkyl halides is 3. The first kappa shape index (κ1) is 30.0. The second-order valence-electron chi connectivity index (χ2n) is 9.67. The van der Waals surface area contributed by atoms with Crippen molar-refractivity contribution in [3.63, 3.8) is 0 Å². The summed E-state index contributed by atoms with van der Waals surface area (Å²) >= 11 is 0. The van der Waals surface area contributed by atoms with Crippen LogP contribution in [0.3, 0.4) is 0 Å². The van der Waals surface area contributed by atoms with E-state index < -0.39 is 36.0 Å². The van der Waals surface area contributed by atoms with Gasteiger partial charge in [0.05, 0.1) is 30.9 Å². The molecule has 1 saturated carbocycles. The fraction of sp³-hybridized carbons (Fsp3) is 0.414. The van der Waals surface area contributed by atoms with Crippen molar-refractivity contribution in [1.29, 1.82) is 0 Å². The van der Waals surface area contributed by atoms with Gasteiger partial charge in [0.15, 0.2) is 5.69 Å². The highest BCUT2D eigenvalue weighted by Gasteiger charge is 2.32. The van der Waals surface area contributed by atoms with Gasteiger partial charge in [-0.25, -0.2) is 13.9 Å². The van der Waals surface area contributed by atoms with Crippen LogP contribution in [0.4, 0.5) is 17.6 Å². The van der Waals surface area contributed by atoms with E-state index in [2.05, 4.69) is 10.4 Å². The Morgan fingerprint density at radius 1 is 1.02 bits per heavy atom. The third-order valence-corrected chi connectivity index (χ3v) is 6.55. The Kier molecular flexibility index (Phi) is 9.98. The minimum absolute atomic E-state index is 0.0680. The van der Waals surface area contributed by atoms with Crippen LogP contribution in [0.15, 0.2) is 54.6 Å². The summed E-state index contributed by atoms with van der Waals surface area (Å²) in [6, 6.07) is 12.8. The fourth-order valence-corrected chi connectivity index (χ4v) is 4.62. The van der Waals surface area contributed by atoms with E-state index in [0.717, 1.165) is 48.1 Å². The first-order valence-corrected chi connectivity index (χ1v) is 13.3. The standard InChI is InChI=1S/C29H31F4N3O5/c1-2-39-28(38)24-15-27(41-18-20-12-21(29(31,32)33)14-22(30)13-20)36(35-24)16-26(37)34-23-10-6-7-11-25(23)40-17-19-8-4-3-5-9-19/h3-5,8-9,12-15,23,25H,2,6-7,10-11,16-18H2,1H3,(H,34,37)/t23-,25-/m0/s1. The number of aromatic nitrogens is 2. The molecule has 1 aliphatic rings. The van der Waals surface area contributed by atoms with Crippen molar-refractivity contribution >= 4 is 11.9 Å². The van der Waals surface area contributed by atoms with Crippen LogP contribution in [0.5, 0.6) is 5.88 Å². The number of halogens is 4. The summed E-state index contributed by atoms with van der Waals surface area (Å²) in [5.74, 6) is -2.32. The van der Waals surface area contributed by atoms with Crippen molar-refractivity contribution in [1.82, 2.24) is 15.1 Å². The van der Waals surface area contributed by atoms with E-state index in [1.807, 2.05) is 30.3 Å². The number of nitrogens with one attached hydrogen (secondary N) is 1. The van der Waals surface area contributed by atoms with Gasteiger partial charge in [-0.1, -0.05) is 43.2 Å². The molecule has 41 heavy (non-hydrogen) atoms. The molecule has 0 aliphatic heterocycles. The number of ether oxygens (including phenoxy) is 3. The van der Waals surface area contributed by atoms with Crippen LogP contribution >= 0.6 is 0 Å². The van der Waals surface area contributed by atoms with Gasteiger partial charge in [-0.2, -0.15) is 18.3 Å². The molecule has 1 amide bonds. The summed E-state index contributed by atoms with van der Waals surface area (Å²) in [5, 5.41) is 7.09. The van der Waals surface area contributed by atoms with E-state index in [-0.39, 0.29) is 42.4 Å². The van der Waals surface area contributed by atoms with Gasteiger partial charge in [0.2, 0.25) is 11.8 Å². The summed E-state index contributed by atoms with van der Waals surface area (Å²) in [6.07, 6.45) is -1.52. The number of carbonyl (C=O) groups is 2. The molecule has 1 aliphatic carbocycles. The van der Waals surface area contributed by atoms with Gasteiger partial charge >= 0.3 is 12.1 Å². The van der Waals surface area contributed by atoms with Crippen molar-refractivity contribution in [2.24, 2.45) is 0 Å². The van der Waals surface area contributed by atoms with E-state index in [9.17, 15) is 27.2 Å². The maximum absolute atomic E-state index is 13.8. The molecule has 4 rings (SSSR count). The molecular weight excluding hydrogens is 546 g/mol. The largest absolute Gasteiger partial charge is 0.473 e. The molecular formula is C29H31F4N3O5. The lowest BCUT2D eigenvalue weighted by Gasteiger charge is -2.32. The predicted molar refractivity (Wildman–Crippen MR) is 139 cm³/mol. The van der Waals surface area contributed by atoms with Gasteiger partial charge < -0.3 is 19.5 Å². The zero-order valence-corrected chi connectivity index (χ0v) is 22.5. The average molecular weight is 578 g/mol. The van der Waals surface area contributed by atoms with E-state index in [1.54, 1.807) is 6.92 Å². The van der Waals surface area contributed by atoms with Crippen molar-refractivity contribution in [3.05, 3.63) is 82.8 Å². The number of carbonyl (C=O) groups excluding carboxylic acids is 2. The molecule has 0 radical (unpaired) electrons. The quantitative estimate of drug-likeness (QED) is 0.241. The second-order valence-corrected chi connectivity index (χ2v) is 9.67. The Labute approximate surface area is 234 Å². The van der Waals surface area contributed by atoms with Crippen LogP contribution in [0.25, 0.3) is 0 Å². The molecule has 8 nitrogen and oxygen atoms in total. The number of amides is 1. The van der Waals surface area contributed by atoms with Crippen LogP contribution in [0, 0.1) is 5.82 Å². The monoisotopic (exact) mass is 577 g/mol. The van der Waals surface area contributed by atoms with Crippen molar-refractivity contribution in [3.8, 4) is 5.88 Å². The average Bonchev–Trinajstić information content (AvgIpc) is 3.34. The molecule has 2 aromatic carbocycles. The number of benzene rings is 2. The summed E-state index contributed by atoms with van der Waals surface area (Å²) in [7, 11) is 0. The van der Waals surface area contributed by atoms with Crippen molar-refractivity contribution in [2.75, 3.05) is 6.61 Å². The van der Waals surface area contributed by atoms with Gasteiger partial charge in [-0.15, -0.1) is 0 Å². The van der Waals surface area contributed by atoms with Crippen LogP contribution in [0.2, 0.25) is 0 Å². The third-order valence-electron chi connectivity index (χ3n) is 6.55. The summed E-state index contributed by atoms with van der Waals surface area (Å²) in [4.78, 5) is 25.3. The lowest BCUT2D eigenvalue weighted by atomic mass is 9.92.